The Bertz CT molecular complexity index is 539. The van der Waals surface area contributed by atoms with Gasteiger partial charge in [0.25, 0.3) is 0 Å². The molecule has 0 saturated carbocycles. The van der Waals surface area contributed by atoms with Gasteiger partial charge in [-0.3, -0.25) is 0 Å². The molecule has 1 heterocycles. The van der Waals surface area contributed by atoms with Gasteiger partial charge < -0.3 is 5.32 Å². The maximum atomic E-state index is 5.93. The van der Waals surface area contributed by atoms with Crippen LogP contribution < -0.4 is 5.32 Å². The Hall–Kier alpha value is -0.840. The van der Waals surface area contributed by atoms with Crippen molar-refractivity contribution in [3.05, 3.63) is 45.7 Å². The fraction of sp³-hybridized carbons (Fsp3) is 0.308. The number of benzene rings is 1. The van der Waals surface area contributed by atoms with Gasteiger partial charge in [0.2, 0.25) is 0 Å². The van der Waals surface area contributed by atoms with Gasteiger partial charge in [-0.2, -0.15) is 5.10 Å². The molecular formula is C13H15BrClN3. The van der Waals surface area contributed by atoms with Crippen LogP contribution in [0.3, 0.4) is 0 Å². The number of nitrogens with zero attached hydrogens (tertiary/aromatic N) is 2. The molecule has 0 spiro atoms. The summed E-state index contributed by atoms with van der Waals surface area (Å²) in [6, 6.07) is 6.41. The summed E-state index contributed by atoms with van der Waals surface area (Å²) >= 11 is 9.44. The van der Waals surface area contributed by atoms with Crippen molar-refractivity contribution in [2.24, 2.45) is 0 Å². The first-order valence-electron chi connectivity index (χ1n) is 5.85. The van der Waals surface area contributed by atoms with Crippen molar-refractivity contribution < 1.29 is 0 Å². The van der Waals surface area contributed by atoms with Crippen LogP contribution in [0.5, 0.6) is 0 Å². The molecule has 18 heavy (non-hydrogen) atoms. The van der Waals surface area contributed by atoms with Gasteiger partial charge in [-0.1, -0.05) is 34.5 Å². The summed E-state index contributed by atoms with van der Waals surface area (Å²) in [6.07, 6.45) is 3.46. The van der Waals surface area contributed by atoms with Gasteiger partial charge in [0, 0.05) is 16.7 Å². The highest BCUT2D eigenvalue weighted by atomic mass is 79.9. The molecule has 0 saturated heterocycles. The lowest BCUT2D eigenvalue weighted by Crippen LogP contribution is -2.19. The Balaban J connectivity index is 2.46. The van der Waals surface area contributed by atoms with Crippen molar-refractivity contribution in [3.8, 4) is 5.69 Å². The summed E-state index contributed by atoms with van der Waals surface area (Å²) in [6.45, 7) is 5.16. The predicted molar refractivity (Wildman–Crippen MR) is 78.4 cm³/mol. The van der Waals surface area contributed by atoms with Gasteiger partial charge in [0.1, 0.15) is 0 Å². The molecule has 0 aliphatic carbocycles. The van der Waals surface area contributed by atoms with Crippen LogP contribution in [0, 0.1) is 0 Å². The molecule has 0 radical (unpaired) electrons. The average Bonchev–Trinajstić information content (AvgIpc) is 2.76. The predicted octanol–water partition coefficient (Wildman–Crippen LogP) is 3.96. The zero-order valence-corrected chi connectivity index (χ0v) is 12.7. The van der Waals surface area contributed by atoms with Crippen LogP contribution in [-0.2, 0) is 0 Å². The first-order chi connectivity index (χ1) is 8.61. The molecule has 0 aliphatic heterocycles. The Morgan fingerprint density at radius 2 is 2.28 bits per heavy atom. The smallest absolute Gasteiger partial charge is 0.0790 e. The van der Waals surface area contributed by atoms with Crippen LogP contribution in [0.1, 0.15) is 25.5 Å². The summed E-state index contributed by atoms with van der Waals surface area (Å²) in [7, 11) is 0. The third-order valence-corrected chi connectivity index (χ3v) is 3.45. The van der Waals surface area contributed by atoms with Crippen LogP contribution in [0.4, 0.5) is 0 Å². The molecule has 1 N–H and O–H groups in total. The maximum Gasteiger partial charge on any atom is 0.0790 e. The fourth-order valence-corrected chi connectivity index (χ4v) is 2.44. The van der Waals surface area contributed by atoms with Gasteiger partial charge in [-0.05, 0) is 37.2 Å². The molecule has 3 nitrogen and oxygen atoms in total. The van der Waals surface area contributed by atoms with E-state index in [9.17, 15) is 0 Å². The highest BCUT2D eigenvalue weighted by Gasteiger charge is 2.12. The number of hydrogen-bond acceptors (Lipinski definition) is 2. The second-order valence-electron chi connectivity index (χ2n) is 4.09. The molecule has 5 heteroatoms. The van der Waals surface area contributed by atoms with E-state index in [4.69, 9.17) is 11.6 Å². The highest BCUT2D eigenvalue weighted by Crippen LogP contribution is 2.26. The van der Waals surface area contributed by atoms with Crippen LogP contribution in [-0.4, -0.2) is 16.3 Å². The van der Waals surface area contributed by atoms with Crippen molar-refractivity contribution in [3.63, 3.8) is 0 Å². The third-order valence-electron chi connectivity index (χ3n) is 2.76. The Labute approximate surface area is 120 Å². The number of aromatic nitrogens is 2. The van der Waals surface area contributed by atoms with E-state index in [0.717, 1.165) is 16.7 Å². The molecule has 0 aliphatic rings. The monoisotopic (exact) mass is 327 g/mol. The lowest BCUT2D eigenvalue weighted by atomic mass is 10.1. The van der Waals surface area contributed by atoms with Crippen LogP contribution >= 0.6 is 27.5 Å². The van der Waals surface area contributed by atoms with E-state index in [0.29, 0.717) is 5.02 Å². The first kappa shape index (κ1) is 13.6. The lowest BCUT2D eigenvalue weighted by molar-refractivity contribution is 0.593. The van der Waals surface area contributed by atoms with E-state index >= 15 is 0 Å². The average molecular weight is 329 g/mol. The van der Waals surface area contributed by atoms with Crippen molar-refractivity contribution in [1.82, 2.24) is 15.1 Å². The van der Waals surface area contributed by atoms with Gasteiger partial charge in [0.15, 0.2) is 0 Å². The minimum Gasteiger partial charge on any atom is -0.310 e. The summed E-state index contributed by atoms with van der Waals surface area (Å²) in [5.74, 6) is 0. The zero-order chi connectivity index (χ0) is 13.1. The standard InChI is InChI=1S/C13H15BrClN3/c1-3-16-9(2)12-6-10(14)4-5-13(12)18-8-11(15)7-17-18/h4-9,16H,3H2,1-2H3. The molecule has 0 bridgehead atoms. The number of rotatable bonds is 4. The molecule has 1 aromatic carbocycles. The topological polar surface area (TPSA) is 29.9 Å². The third kappa shape index (κ3) is 2.94. The van der Waals surface area contributed by atoms with Gasteiger partial charge >= 0.3 is 0 Å². The maximum absolute atomic E-state index is 5.93. The molecule has 96 valence electrons. The van der Waals surface area contributed by atoms with Gasteiger partial charge in [-0.15, -0.1) is 0 Å². The van der Waals surface area contributed by atoms with E-state index in [2.05, 4.69) is 46.3 Å². The van der Waals surface area contributed by atoms with Crippen LogP contribution in [0.2, 0.25) is 5.02 Å². The molecule has 1 atom stereocenters. The van der Waals surface area contributed by atoms with Crippen molar-refractivity contribution in [2.75, 3.05) is 6.54 Å². The largest absolute Gasteiger partial charge is 0.310 e. The minimum atomic E-state index is 0.255. The normalized spacial score (nSPS) is 12.7. The van der Waals surface area contributed by atoms with Crippen LogP contribution in [0.15, 0.2) is 35.1 Å². The van der Waals surface area contributed by atoms with Crippen LogP contribution in [0.25, 0.3) is 5.69 Å². The summed E-state index contributed by atoms with van der Waals surface area (Å²) in [5.41, 5.74) is 2.23. The quantitative estimate of drug-likeness (QED) is 0.920. The number of halogens is 2. The minimum absolute atomic E-state index is 0.255. The second-order valence-corrected chi connectivity index (χ2v) is 5.44. The second kappa shape index (κ2) is 5.87. The molecule has 1 aromatic heterocycles. The van der Waals surface area contributed by atoms with E-state index in [1.807, 2.05) is 18.3 Å². The van der Waals surface area contributed by atoms with Gasteiger partial charge in [-0.25, -0.2) is 4.68 Å². The lowest BCUT2D eigenvalue weighted by Gasteiger charge is -2.17. The Morgan fingerprint density at radius 3 is 2.89 bits per heavy atom. The SMILES string of the molecule is CCNC(C)c1cc(Br)ccc1-n1cc(Cl)cn1. The molecule has 1 unspecified atom stereocenters. The van der Waals surface area contributed by atoms with Gasteiger partial charge in [0.05, 0.1) is 16.9 Å². The zero-order valence-electron chi connectivity index (χ0n) is 10.3. The van der Waals surface area contributed by atoms with Crippen molar-refractivity contribution in [2.45, 2.75) is 19.9 Å². The Morgan fingerprint density at radius 1 is 1.50 bits per heavy atom. The molecule has 2 aromatic rings. The molecule has 2 rings (SSSR count). The highest BCUT2D eigenvalue weighted by molar-refractivity contribution is 9.10. The van der Waals surface area contributed by atoms with Crippen molar-refractivity contribution in [1.29, 1.82) is 0 Å². The number of nitrogens with one attached hydrogen (secondary N) is 1. The van der Waals surface area contributed by atoms with E-state index in [1.54, 1.807) is 10.9 Å². The first-order valence-corrected chi connectivity index (χ1v) is 7.02. The Kier molecular flexibility index (Phi) is 4.43. The van der Waals surface area contributed by atoms with E-state index in [-0.39, 0.29) is 6.04 Å². The molecular weight excluding hydrogens is 314 g/mol. The summed E-state index contributed by atoms with van der Waals surface area (Å²) in [4.78, 5) is 0. The molecule has 0 fully saturated rings. The van der Waals surface area contributed by atoms with E-state index in [1.165, 1.54) is 5.56 Å². The summed E-state index contributed by atoms with van der Waals surface area (Å²) < 4.78 is 2.86. The fourth-order valence-electron chi connectivity index (χ4n) is 1.93. The molecule has 0 amide bonds. The summed E-state index contributed by atoms with van der Waals surface area (Å²) in [5, 5.41) is 8.31. The van der Waals surface area contributed by atoms with Crippen molar-refractivity contribution >= 4 is 27.5 Å². The number of hydrogen-bond donors (Lipinski definition) is 1. The van der Waals surface area contributed by atoms with E-state index < -0.39 is 0 Å².